The molecule has 5 heteroatoms. The van der Waals surface area contributed by atoms with E-state index in [0.29, 0.717) is 6.54 Å². The van der Waals surface area contributed by atoms with Gasteiger partial charge in [0.15, 0.2) is 0 Å². The Hall–Kier alpha value is -1.52. The van der Waals surface area contributed by atoms with Crippen molar-refractivity contribution in [3.8, 4) is 0 Å². The summed E-state index contributed by atoms with van der Waals surface area (Å²) in [5.41, 5.74) is 0.473. The van der Waals surface area contributed by atoms with Crippen LogP contribution in [0, 0.1) is 0 Å². The Labute approximate surface area is 107 Å². The van der Waals surface area contributed by atoms with Gasteiger partial charge in [-0.3, -0.25) is 0 Å². The topological polar surface area (TPSA) is 55.6 Å². The van der Waals surface area contributed by atoms with E-state index in [9.17, 15) is 4.79 Å². The second-order valence-corrected chi connectivity index (χ2v) is 5.69. The highest BCUT2D eigenvalue weighted by molar-refractivity contribution is 5.68. The number of aromatic nitrogens is 1. The summed E-state index contributed by atoms with van der Waals surface area (Å²) in [7, 11) is 0. The zero-order valence-electron chi connectivity index (χ0n) is 11.2. The van der Waals surface area contributed by atoms with Crippen LogP contribution in [-0.2, 0) is 4.74 Å². The number of hydrogen-bond donors (Lipinski definition) is 0. The summed E-state index contributed by atoms with van der Waals surface area (Å²) in [5.74, 6) is 0.255. The van der Waals surface area contributed by atoms with Crippen molar-refractivity contribution in [2.75, 3.05) is 13.1 Å². The number of carbonyl (C=O) groups is 1. The Morgan fingerprint density at radius 2 is 2.33 bits per heavy atom. The van der Waals surface area contributed by atoms with Gasteiger partial charge in [-0.2, -0.15) is 0 Å². The number of amides is 1. The summed E-state index contributed by atoms with van der Waals surface area (Å²) in [6.45, 7) is 7.04. The second-order valence-electron chi connectivity index (χ2n) is 5.69. The van der Waals surface area contributed by atoms with Crippen molar-refractivity contribution in [3.63, 3.8) is 0 Å². The van der Waals surface area contributed by atoms with Gasteiger partial charge in [-0.15, -0.1) is 0 Å². The average Bonchev–Trinajstić information content (AvgIpc) is 2.80. The van der Waals surface area contributed by atoms with Crippen LogP contribution in [0.3, 0.4) is 0 Å². The first-order valence-electron chi connectivity index (χ1n) is 6.34. The van der Waals surface area contributed by atoms with Crippen LogP contribution in [0.15, 0.2) is 16.9 Å². The monoisotopic (exact) mass is 252 g/mol. The number of nitrogens with zero attached hydrogens (tertiary/aromatic N) is 2. The molecule has 1 atom stereocenters. The molecule has 0 aliphatic carbocycles. The molecule has 0 radical (unpaired) electrons. The van der Waals surface area contributed by atoms with Gasteiger partial charge in [0.05, 0.1) is 5.69 Å². The summed E-state index contributed by atoms with van der Waals surface area (Å²) in [6.07, 6.45) is 3.33. The van der Waals surface area contributed by atoms with Gasteiger partial charge in [0.2, 0.25) is 0 Å². The summed E-state index contributed by atoms with van der Waals surface area (Å²) in [4.78, 5) is 13.7. The summed E-state index contributed by atoms with van der Waals surface area (Å²) < 4.78 is 10.2. The van der Waals surface area contributed by atoms with Crippen LogP contribution in [-0.4, -0.2) is 34.8 Å². The van der Waals surface area contributed by atoms with Crippen molar-refractivity contribution in [1.29, 1.82) is 0 Å². The third kappa shape index (κ3) is 3.24. The zero-order valence-corrected chi connectivity index (χ0v) is 11.2. The first-order valence-corrected chi connectivity index (χ1v) is 6.34. The molecule has 0 aromatic carbocycles. The minimum Gasteiger partial charge on any atom is -0.444 e. The van der Waals surface area contributed by atoms with Crippen molar-refractivity contribution in [3.05, 3.63) is 18.0 Å². The molecule has 2 rings (SSSR count). The summed E-state index contributed by atoms with van der Waals surface area (Å²) in [6, 6.07) is 1.86. The van der Waals surface area contributed by atoms with Crippen molar-refractivity contribution < 1.29 is 14.1 Å². The lowest BCUT2D eigenvalue weighted by Crippen LogP contribution is -2.42. The Morgan fingerprint density at radius 1 is 1.56 bits per heavy atom. The van der Waals surface area contributed by atoms with E-state index in [1.807, 2.05) is 26.8 Å². The van der Waals surface area contributed by atoms with E-state index in [1.54, 1.807) is 11.2 Å². The Morgan fingerprint density at radius 3 is 2.94 bits per heavy atom. The Kier molecular flexibility index (Phi) is 3.59. The molecule has 1 amide bonds. The summed E-state index contributed by atoms with van der Waals surface area (Å²) in [5, 5.41) is 3.95. The number of piperidine rings is 1. The molecule has 0 N–H and O–H groups in total. The predicted molar refractivity (Wildman–Crippen MR) is 66.3 cm³/mol. The van der Waals surface area contributed by atoms with Gasteiger partial charge >= 0.3 is 6.09 Å². The molecule has 18 heavy (non-hydrogen) atoms. The van der Waals surface area contributed by atoms with Gasteiger partial charge in [-0.25, -0.2) is 4.79 Å². The normalized spacial score (nSPS) is 20.8. The standard InChI is InChI=1S/C13H20N2O3/c1-13(2,3)18-12(16)15-7-4-5-10(9-15)11-6-8-17-14-11/h6,8,10H,4-5,7,9H2,1-3H3. The lowest BCUT2D eigenvalue weighted by molar-refractivity contribution is 0.0196. The smallest absolute Gasteiger partial charge is 0.410 e. The van der Waals surface area contributed by atoms with E-state index < -0.39 is 5.60 Å². The number of ether oxygens (including phenoxy) is 1. The Balaban J connectivity index is 1.96. The molecule has 5 nitrogen and oxygen atoms in total. The molecule has 1 aromatic heterocycles. The summed E-state index contributed by atoms with van der Waals surface area (Å²) >= 11 is 0. The van der Waals surface area contributed by atoms with Crippen LogP contribution in [0.5, 0.6) is 0 Å². The van der Waals surface area contributed by atoms with Crippen molar-refractivity contribution in [2.24, 2.45) is 0 Å². The third-order valence-electron chi connectivity index (χ3n) is 2.95. The number of likely N-dealkylation sites (tertiary alicyclic amines) is 1. The number of carbonyl (C=O) groups excluding carboxylic acids is 1. The largest absolute Gasteiger partial charge is 0.444 e. The van der Waals surface area contributed by atoms with Crippen LogP contribution in [0.1, 0.15) is 45.2 Å². The zero-order chi connectivity index (χ0) is 13.2. The number of rotatable bonds is 1. The molecule has 100 valence electrons. The fourth-order valence-corrected chi connectivity index (χ4v) is 2.14. The molecule has 1 aromatic rings. The van der Waals surface area contributed by atoms with Gasteiger partial charge in [0.25, 0.3) is 0 Å². The second kappa shape index (κ2) is 5.00. The fraction of sp³-hybridized carbons (Fsp3) is 0.692. The Bertz CT molecular complexity index is 395. The van der Waals surface area contributed by atoms with E-state index in [1.165, 1.54) is 0 Å². The maximum absolute atomic E-state index is 12.0. The van der Waals surface area contributed by atoms with Crippen molar-refractivity contribution >= 4 is 6.09 Å². The fourth-order valence-electron chi connectivity index (χ4n) is 2.14. The first kappa shape index (κ1) is 12.9. The third-order valence-corrected chi connectivity index (χ3v) is 2.95. The van der Waals surface area contributed by atoms with Gasteiger partial charge < -0.3 is 14.2 Å². The number of hydrogen-bond acceptors (Lipinski definition) is 4. The van der Waals surface area contributed by atoms with E-state index in [0.717, 1.165) is 25.1 Å². The van der Waals surface area contributed by atoms with Crippen molar-refractivity contribution in [1.82, 2.24) is 10.1 Å². The lowest BCUT2D eigenvalue weighted by Gasteiger charge is -2.33. The van der Waals surface area contributed by atoms with Crippen LogP contribution in [0.2, 0.25) is 0 Å². The van der Waals surface area contributed by atoms with E-state index >= 15 is 0 Å². The highest BCUT2D eigenvalue weighted by Gasteiger charge is 2.29. The molecule has 1 unspecified atom stereocenters. The van der Waals surface area contributed by atoms with Gasteiger partial charge in [0.1, 0.15) is 11.9 Å². The molecule has 1 fully saturated rings. The van der Waals surface area contributed by atoms with Crippen LogP contribution in [0.4, 0.5) is 4.79 Å². The van der Waals surface area contributed by atoms with Gasteiger partial charge in [-0.1, -0.05) is 5.16 Å². The predicted octanol–water partition coefficient (Wildman–Crippen LogP) is 2.79. The van der Waals surface area contributed by atoms with E-state index in [4.69, 9.17) is 9.26 Å². The molecule has 1 aliphatic heterocycles. The maximum atomic E-state index is 12.0. The highest BCUT2D eigenvalue weighted by atomic mass is 16.6. The molecule has 2 heterocycles. The molecule has 0 spiro atoms. The molecular weight excluding hydrogens is 232 g/mol. The SMILES string of the molecule is CC(C)(C)OC(=O)N1CCCC(c2ccon2)C1. The van der Waals surface area contributed by atoms with Gasteiger partial charge in [0, 0.05) is 25.1 Å². The van der Waals surface area contributed by atoms with E-state index in [2.05, 4.69) is 5.16 Å². The quantitative estimate of drug-likeness (QED) is 0.771. The lowest BCUT2D eigenvalue weighted by atomic mass is 9.95. The first-order chi connectivity index (χ1) is 8.46. The van der Waals surface area contributed by atoms with Gasteiger partial charge in [-0.05, 0) is 33.6 Å². The minimum atomic E-state index is -0.447. The molecular formula is C13H20N2O3. The van der Waals surface area contributed by atoms with E-state index in [-0.39, 0.29) is 12.0 Å². The molecule has 0 bridgehead atoms. The van der Waals surface area contributed by atoms with Crippen LogP contribution < -0.4 is 0 Å². The maximum Gasteiger partial charge on any atom is 0.410 e. The minimum absolute atomic E-state index is 0.240. The van der Waals surface area contributed by atoms with Crippen LogP contribution in [0.25, 0.3) is 0 Å². The molecule has 0 saturated carbocycles. The molecule has 1 saturated heterocycles. The highest BCUT2D eigenvalue weighted by Crippen LogP contribution is 2.26. The van der Waals surface area contributed by atoms with Crippen molar-refractivity contribution in [2.45, 2.75) is 45.1 Å². The van der Waals surface area contributed by atoms with Crippen LogP contribution >= 0.6 is 0 Å². The average molecular weight is 252 g/mol. The molecule has 1 aliphatic rings.